The van der Waals surface area contributed by atoms with Gasteiger partial charge in [-0.25, -0.2) is 13.8 Å². The molecule has 3 rings (SSSR count). The van der Waals surface area contributed by atoms with Crippen molar-refractivity contribution < 1.29 is 8.78 Å². The van der Waals surface area contributed by atoms with E-state index in [1.807, 2.05) is 6.07 Å². The molecule has 0 bridgehead atoms. The molecular weight excluding hydrogens is 282 g/mol. The minimum absolute atomic E-state index is 0.0295. The number of anilines is 1. The van der Waals surface area contributed by atoms with Crippen molar-refractivity contribution in [1.29, 1.82) is 0 Å². The molecule has 1 heterocycles. The first-order chi connectivity index (χ1) is 9.63. The molecule has 0 saturated carbocycles. The molecule has 0 radical (unpaired) electrons. The van der Waals surface area contributed by atoms with Crippen LogP contribution in [-0.4, -0.2) is 15.2 Å². The van der Waals surface area contributed by atoms with Crippen LogP contribution in [-0.2, 0) is 0 Å². The third kappa shape index (κ3) is 2.39. The van der Waals surface area contributed by atoms with Crippen molar-refractivity contribution in [3.8, 4) is 0 Å². The number of hydrogen-bond donors (Lipinski definition) is 1. The molecule has 0 aliphatic heterocycles. The van der Waals surface area contributed by atoms with Crippen LogP contribution in [0.3, 0.4) is 0 Å². The van der Waals surface area contributed by atoms with E-state index in [1.165, 1.54) is 0 Å². The minimum atomic E-state index is -0.746. The molecule has 0 aliphatic rings. The van der Waals surface area contributed by atoms with Gasteiger partial charge in [0.15, 0.2) is 0 Å². The van der Waals surface area contributed by atoms with Gasteiger partial charge in [0.25, 0.3) is 0 Å². The Hall–Kier alpha value is -2.28. The molecule has 3 aromatic rings. The van der Waals surface area contributed by atoms with Crippen LogP contribution in [0, 0.1) is 11.6 Å². The number of nitrogen functional groups attached to an aromatic ring is 1. The number of halogens is 2. The highest BCUT2D eigenvalue weighted by Crippen LogP contribution is 2.31. The van der Waals surface area contributed by atoms with Crippen molar-refractivity contribution in [3.63, 3.8) is 0 Å². The van der Waals surface area contributed by atoms with E-state index in [2.05, 4.69) is 15.2 Å². The highest BCUT2D eigenvalue weighted by Gasteiger charge is 2.14. The number of para-hydroxylation sites is 1. The third-order valence-electron chi connectivity index (χ3n) is 2.56. The Labute approximate surface area is 117 Å². The molecule has 0 aliphatic carbocycles. The van der Waals surface area contributed by atoms with Gasteiger partial charge in [-0.1, -0.05) is 12.1 Å². The summed E-state index contributed by atoms with van der Waals surface area (Å²) >= 11 is 0.774. The zero-order valence-corrected chi connectivity index (χ0v) is 10.9. The Bertz CT molecular complexity index is 771. The topological polar surface area (TPSA) is 64.7 Å². The quantitative estimate of drug-likeness (QED) is 0.735. The largest absolute Gasteiger partial charge is 0.399 e. The maximum absolute atomic E-state index is 13.7. The van der Waals surface area contributed by atoms with Gasteiger partial charge in [-0.2, -0.15) is 0 Å². The van der Waals surface area contributed by atoms with E-state index in [4.69, 9.17) is 5.73 Å². The average Bonchev–Trinajstić information content (AvgIpc) is 2.42. The first-order valence-electron chi connectivity index (χ1n) is 5.65. The van der Waals surface area contributed by atoms with Gasteiger partial charge in [0, 0.05) is 5.69 Å². The van der Waals surface area contributed by atoms with Crippen LogP contribution in [0.25, 0.3) is 11.0 Å². The van der Waals surface area contributed by atoms with Gasteiger partial charge >= 0.3 is 0 Å². The van der Waals surface area contributed by atoms with Crippen LogP contribution in [0.15, 0.2) is 46.5 Å². The van der Waals surface area contributed by atoms with Gasteiger partial charge in [-0.05, 0) is 36.0 Å². The number of nitrogens with two attached hydrogens (primary N) is 1. The van der Waals surface area contributed by atoms with Gasteiger partial charge in [-0.3, -0.25) is 0 Å². The van der Waals surface area contributed by atoms with E-state index in [-0.39, 0.29) is 15.7 Å². The minimum Gasteiger partial charge on any atom is -0.399 e. The molecule has 2 N–H and O–H groups in total. The summed E-state index contributed by atoms with van der Waals surface area (Å²) in [4.78, 5) is 4.00. The smallest absolute Gasteiger partial charge is 0.214 e. The summed E-state index contributed by atoms with van der Waals surface area (Å²) in [5, 5.41) is 7.97. The summed E-state index contributed by atoms with van der Waals surface area (Å²) in [5.41, 5.74) is 6.63. The molecular formula is C13H8F2N4S. The number of fused-ring (bicyclic) bond motifs is 1. The van der Waals surface area contributed by atoms with Gasteiger partial charge in [0.1, 0.15) is 17.2 Å². The van der Waals surface area contributed by atoms with Crippen LogP contribution >= 0.6 is 11.8 Å². The molecule has 0 unspecified atom stereocenters. The van der Waals surface area contributed by atoms with E-state index in [0.29, 0.717) is 11.0 Å². The zero-order valence-electron chi connectivity index (χ0n) is 10.0. The maximum atomic E-state index is 13.7. The number of aromatic nitrogens is 3. The molecule has 0 fully saturated rings. The molecule has 0 atom stereocenters. The van der Waals surface area contributed by atoms with Crippen molar-refractivity contribution in [2.24, 2.45) is 0 Å². The highest BCUT2D eigenvalue weighted by atomic mass is 32.2. The second-order valence-corrected chi connectivity index (χ2v) is 4.98. The average molecular weight is 290 g/mol. The van der Waals surface area contributed by atoms with E-state index >= 15 is 0 Å². The van der Waals surface area contributed by atoms with Gasteiger partial charge in [-0.15, -0.1) is 10.2 Å². The predicted molar refractivity (Wildman–Crippen MR) is 72.2 cm³/mol. The Morgan fingerprint density at radius 2 is 1.60 bits per heavy atom. The molecule has 0 spiro atoms. The summed E-state index contributed by atoms with van der Waals surface area (Å²) < 4.78 is 27.4. The van der Waals surface area contributed by atoms with Crippen molar-refractivity contribution in [1.82, 2.24) is 15.2 Å². The van der Waals surface area contributed by atoms with Crippen LogP contribution in [0.5, 0.6) is 0 Å². The summed E-state index contributed by atoms with van der Waals surface area (Å²) in [7, 11) is 0. The number of hydrogen-bond acceptors (Lipinski definition) is 5. The van der Waals surface area contributed by atoms with E-state index in [0.717, 1.165) is 23.9 Å². The standard InChI is InChI=1S/C13H8F2N4S/c14-8-5-7(16)6-9(15)12(8)20-13-17-10-3-1-2-4-11(10)18-19-13/h1-6H,16H2. The Morgan fingerprint density at radius 3 is 2.30 bits per heavy atom. The SMILES string of the molecule is Nc1cc(F)c(Sc2nnc3ccccc3n2)c(F)c1. The Morgan fingerprint density at radius 1 is 0.950 bits per heavy atom. The molecule has 7 heteroatoms. The van der Waals surface area contributed by atoms with Crippen LogP contribution in [0.4, 0.5) is 14.5 Å². The summed E-state index contributed by atoms with van der Waals surface area (Å²) in [5.74, 6) is -1.49. The van der Waals surface area contributed by atoms with Gasteiger partial charge in [0.05, 0.1) is 10.4 Å². The third-order valence-corrected chi connectivity index (χ3v) is 3.50. The second kappa shape index (κ2) is 5.01. The lowest BCUT2D eigenvalue weighted by atomic mass is 10.3. The van der Waals surface area contributed by atoms with Crippen LogP contribution < -0.4 is 5.73 Å². The fourth-order valence-electron chi connectivity index (χ4n) is 1.68. The fourth-order valence-corrected chi connectivity index (χ4v) is 2.40. The monoisotopic (exact) mass is 290 g/mol. The lowest BCUT2D eigenvalue weighted by Crippen LogP contribution is -1.96. The van der Waals surface area contributed by atoms with Gasteiger partial charge in [0.2, 0.25) is 5.16 Å². The first-order valence-corrected chi connectivity index (χ1v) is 6.47. The first kappa shape index (κ1) is 12.7. The van der Waals surface area contributed by atoms with E-state index in [9.17, 15) is 8.78 Å². The maximum Gasteiger partial charge on any atom is 0.214 e. The van der Waals surface area contributed by atoms with Crippen LogP contribution in [0.1, 0.15) is 0 Å². The highest BCUT2D eigenvalue weighted by molar-refractivity contribution is 7.99. The lowest BCUT2D eigenvalue weighted by molar-refractivity contribution is 0.541. The van der Waals surface area contributed by atoms with Crippen LogP contribution in [0.2, 0.25) is 0 Å². The molecule has 2 aromatic carbocycles. The van der Waals surface area contributed by atoms with Crippen molar-refractivity contribution in [2.75, 3.05) is 5.73 Å². The normalized spacial score (nSPS) is 10.9. The molecule has 100 valence electrons. The molecule has 1 aromatic heterocycles. The predicted octanol–water partition coefficient (Wildman–Crippen LogP) is 3.04. The summed E-state index contributed by atoms with van der Waals surface area (Å²) in [6.45, 7) is 0. The zero-order chi connectivity index (χ0) is 14.1. The molecule has 20 heavy (non-hydrogen) atoms. The summed E-state index contributed by atoms with van der Waals surface area (Å²) in [6.07, 6.45) is 0. The number of benzene rings is 2. The fraction of sp³-hybridized carbons (Fsp3) is 0. The van der Waals surface area contributed by atoms with E-state index < -0.39 is 11.6 Å². The van der Waals surface area contributed by atoms with Crippen molar-refractivity contribution in [2.45, 2.75) is 10.1 Å². The molecule has 0 amide bonds. The lowest BCUT2D eigenvalue weighted by Gasteiger charge is -2.05. The molecule has 4 nitrogen and oxygen atoms in total. The summed E-state index contributed by atoms with van der Waals surface area (Å²) in [6, 6.07) is 9.23. The van der Waals surface area contributed by atoms with Crippen molar-refractivity contribution >= 4 is 28.5 Å². The molecule has 0 saturated heterocycles. The van der Waals surface area contributed by atoms with Crippen molar-refractivity contribution in [3.05, 3.63) is 48.0 Å². The van der Waals surface area contributed by atoms with Gasteiger partial charge < -0.3 is 5.73 Å². The Kier molecular flexibility index (Phi) is 3.19. The Balaban J connectivity index is 2.01. The number of rotatable bonds is 2. The number of nitrogens with zero attached hydrogens (tertiary/aromatic N) is 3. The second-order valence-electron chi connectivity index (χ2n) is 4.00. The van der Waals surface area contributed by atoms with E-state index in [1.54, 1.807) is 18.2 Å².